The van der Waals surface area contributed by atoms with Crippen molar-refractivity contribution in [3.63, 3.8) is 0 Å². The second-order valence-electron chi connectivity index (χ2n) is 10.7. The Morgan fingerprint density at radius 2 is 1.74 bits per heavy atom. The fourth-order valence-corrected chi connectivity index (χ4v) is 5.52. The maximum Gasteiger partial charge on any atom is 0.127 e. The second kappa shape index (κ2) is 16.9. The summed E-state index contributed by atoms with van der Waals surface area (Å²) in [5.41, 5.74) is 2.97. The number of rotatable bonds is 16. The first-order chi connectivity index (χ1) is 21.1. The van der Waals surface area contributed by atoms with E-state index in [1.807, 2.05) is 67.6 Å². The molecular formula is C36H45NO6. The van der Waals surface area contributed by atoms with E-state index in [1.54, 1.807) is 14.2 Å². The van der Waals surface area contributed by atoms with Crippen molar-refractivity contribution in [2.24, 2.45) is 11.8 Å². The van der Waals surface area contributed by atoms with Crippen LogP contribution in [0, 0.1) is 11.8 Å². The lowest BCUT2D eigenvalue weighted by Gasteiger charge is -2.38. The molecule has 230 valence electrons. The van der Waals surface area contributed by atoms with Gasteiger partial charge < -0.3 is 34.1 Å². The number of piperidine rings is 1. The first-order valence-electron chi connectivity index (χ1n) is 14.9. The molecule has 4 rings (SSSR count). The van der Waals surface area contributed by atoms with Crippen LogP contribution in [0.15, 0.2) is 96.8 Å². The van der Waals surface area contributed by atoms with Crippen molar-refractivity contribution in [1.82, 2.24) is 5.32 Å². The standard InChI is InChI=1S/C36H45NO6/c1-5-31(42-18-10-17-41-25-29-12-7-9-14-33(29)39-3)16-15-26(2)36-30(23-38)21-37-22-35(36)43-24-27-19-28-11-6-8-13-32(28)34(20-27)40-4/h5-9,11-16,19-20,30,35-38H,2,10,17-18,21-25H2,1,3-4H3/b16-15-,31-5+/t30?,35?,36-/m0/s1. The number of nitrogens with one attached hydrogen (secondary N) is 1. The summed E-state index contributed by atoms with van der Waals surface area (Å²) in [4.78, 5) is 0. The van der Waals surface area contributed by atoms with Crippen molar-refractivity contribution in [3.05, 3.63) is 108 Å². The molecule has 1 aliphatic rings. The Balaban J connectivity index is 1.30. The van der Waals surface area contributed by atoms with Crippen LogP contribution in [0.4, 0.5) is 0 Å². The maximum absolute atomic E-state index is 10.2. The molecule has 3 atom stereocenters. The van der Waals surface area contributed by atoms with Crippen molar-refractivity contribution < 1.29 is 28.8 Å². The van der Waals surface area contributed by atoms with Crippen LogP contribution in [-0.4, -0.2) is 58.3 Å². The van der Waals surface area contributed by atoms with Crippen LogP contribution >= 0.6 is 0 Å². The van der Waals surface area contributed by atoms with Gasteiger partial charge in [0.2, 0.25) is 0 Å². The summed E-state index contributed by atoms with van der Waals surface area (Å²) < 4.78 is 29.3. The van der Waals surface area contributed by atoms with E-state index in [9.17, 15) is 5.11 Å². The number of allylic oxidation sites excluding steroid dienone is 3. The molecule has 0 aliphatic carbocycles. The third-order valence-corrected chi connectivity index (χ3v) is 7.79. The lowest BCUT2D eigenvalue weighted by Crippen LogP contribution is -2.49. The molecule has 1 heterocycles. The second-order valence-corrected chi connectivity index (χ2v) is 10.7. The highest BCUT2D eigenvalue weighted by Gasteiger charge is 2.34. The number of aliphatic hydroxyl groups excluding tert-OH is 1. The number of hydrogen-bond donors (Lipinski definition) is 2. The number of fused-ring (bicyclic) bond motifs is 1. The maximum atomic E-state index is 10.2. The molecule has 7 nitrogen and oxygen atoms in total. The number of benzene rings is 3. The molecular weight excluding hydrogens is 542 g/mol. The van der Waals surface area contributed by atoms with E-state index in [0.29, 0.717) is 39.5 Å². The first kappa shape index (κ1) is 32.3. The molecule has 1 fully saturated rings. The van der Waals surface area contributed by atoms with Crippen molar-refractivity contribution in [2.75, 3.05) is 47.1 Å². The topological polar surface area (TPSA) is 78.4 Å². The van der Waals surface area contributed by atoms with E-state index in [1.165, 1.54) is 0 Å². The zero-order valence-corrected chi connectivity index (χ0v) is 25.6. The highest BCUT2D eigenvalue weighted by atomic mass is 16.5. The average Bonchev–Trinajstić information content (AvgIpc) is 3.05. The van der Waals surface area contributed by atoms with Crippen molar-refractivity contribution in [1.29, 1.82) is 0 Å². The third kappa shape index (κ3) is 8.94. The van der Waals surface area contributed by atoms with E-state index in [4.69, 9.17) is 23.7 Å². The molecule has 7 heteroatoms. The van der Waals surface area contributed by atoms with Crippen molar-refractivity contribution in [2.45, 2.75) is 32.7 Å². The number of aliphatic hydroxyl groups is 1. The molecule has 2 N–H and O–H groups in total. The smallest absolute Gasteiger partial charge is 0.127 e. The van der Waals surface area contributed by atoms with Gasteiger partial charge in [0, 0.05) is 48.9 Å². The zero-order valence-electron chi connectivity index (χ0n) is 25.6. The Morgan fingerprint density at radius 3 is 2.53 bits per heavy atom. The van der Waals surface area contributed by atoms with E-state index in [0.717, 1.165) is 51.2 Å². The van der Waals surface area contributed by atoms with Crippen molar-refractivity contribution in [3.8, 4) is 11.5 Å². The van der Waals surface area contributed by atoms with Gasteiger partial charge in [-0.3, -0.25) is 0 Å². The molecule has 0 aromatic heterocycles. The molecule has 0 spiro atoms. The van der Waals surface area contributed by atoms with E-state index in [2.05, 4.69) is 30.1 Å². The monoisotopic (exact) mass is 587 g/mol. The fraction of sp³-hybridized carbons (Fsp3) is 0.389. The van der Waals surface area contributed by atoms with Gasteiger partial charge in [0.15, 0.2) is 0 Å². The summed E-state index contributed by atoms with van der Waals surface area (Å²) in [5, 5.41) is 15.8. The molecule has 0 saturated carbocycles. The predicted octanol–water partition coefficient (Wildman–Crippen LogP) is 6.21. The van der Waals surface area contributed by atoms with Crippen LogP contribution in [0.1, 0.15) is 24.5 Å². The summed E-state index contributed by atoms with van der Waals surface area (Å²) >= 11 is 0. The van der Waals surface area contributed by atoms with Gasteiger partial charge in [-0.15, -0.1) is 0 Å². The predicted molar refractivity (Wildman–Crippen MR) is 171 cm³/mol. The molecule has 1 saturated heterocycles. The number of para-hydroxylation sites is 1. The average molecular weight is 588 g/mol. The van der Waals surface area contributed by atoms with Gasteiger partial charge in [-0.1, -0.05) is 55.1 Å². The van der Waals surface area contributed by atoms with Crippen LogP contribution in [0.5, 0.6) is 11.5 Å². The minimum absolute atomic E-state index is 0.00241. The SMILES string of the molecule is C=C(/C=C\C(=C/C)OCCCOCc1ccccc1OC)[C@H]1C(CO)CNCC1OCc1cc(OC)c2ccccc2c1. The number of methoxy groups -OCH3 is 2. The minimum atomic E-state index is -0.143. The highest BCUT2D eigenvalue weighted by molar-refractivity contribution is 5.89. The summed E-state index contributed by atoms with van der Waals surface area (Å²) in [6, 6.07) is 20.2. The quantitative estimate of drug-likeness (QED) is 0.117. The van der Waals surface area contributed by atoms with E-state index < -0.39 is 0 Å². The molecule has 1 aliphatic heterocycles. The summed E-state index contributed by atoms with van der Waals surface area (Å²) in [5.74, 6) is 2.39. The van der Waals surface area contributed by atoms with Gasteiger partial charge in [-0.25, -0.2) is 0 Å². The van der Waals surface area contributed by atoms with Crippen molar-refractivity contribution >= 4 is 10.8 Å². The zero-order chi connectivity index (χ0) is 30.4. The Bertz CT molecular complexity index is 1380. The van der Waals surface area contributed by atoms with Gasteiger partial charge in [-0.05, 0) is 53.8 Å². The summed E-state index contributed by atoms with van der Waals surface area (Å²) in [6.45, 7) is 9.83. The van der Waals surface area contributed by atoms with Crippen LogP contribution < -0.4 is 14.8 Å². The largest absolute Gasteiger partial charge is 0.496 e. The lowest BCUT2D eigenvalue weighted by atomic mass is 9.79. The molecule has 0 bridgehead atoms. The normalized spacial score (nSPS) is 19.1. The van der Waals surface area contributed by atoms with Crippen LogP contribution in [0.2, 0.25) is 0 Å². The first-order valence-corrected chi connectivity index (χ1v) is 14.9. The Kier molecular flexibility index (Phi) is 12.7. The van der Waals surface area contributed by atoms with Crippen LogP contribution in [0.3, 0.4) is 0 Å². The van der Waals surface area contributed by atoms with E-state index >= 15 is 0 Å². The molecule has 0 radical (unpaired) electrons. The minimum Gasteiger partial charge on any atom is -0.496 e. The Labute approximate surface area is 255 Å². The van der Waals surface area contributed by atoms with Gasteiger partial charge in [-0.2, -0.15) is 0 Å². The molecule has 2 unspecified atom stereocenters. The molecule has 43 heavy (non-hydrogen) atoms. The third-order valence-electron chi connectivity index (χ3n) is 7.79. The van der Waals surface area contributed by atoms with Gasteiger partial charge >= 0.3 is 0 Å². The lowest BCUT2D eigenvalue weighted by molar-refractivity contribution is -0.0287. The molecule has 3 aromatic carbocycles. The van der Waals surface area contributed by atoms with E-state index in [-0.39, 0.29) is 24.5 Å². The van der Waals surface area contributed by atoms with Crippen LogP contribution in [0.25, 0.3) is 10.8 Å². The fourth-order valence-electron chi connectivity index (χ4n) is 5.52. The van der Waals surface area contributed by atoms with Gasteiger partial charge in [0.25, 0.3) is 0 Å². The van der Waals surface area contributed by atoms with Gasteiger partial charge in [0.1, 0.15) is 17.3 Å². The summed E-state index contributed by atoms with van der Waals surface area (Å²) in [6.07, 6.45) is 6.49. The molecule has 3 aromatic rings. The highest BCUT2D eigenvalue weighted by Crippen LogP contribution is 2.32. The van der Waals surface area contributed by atoms with Crippen LogP contribution in [-0.2, 0) is 27.4 Å². The van der Waals surface area contributed by atoms with Gasteiger partial charge in [0.05, 0.1) is 46.8 Å². The Hall–Kier alpha value is -3.62. The number of ether oxygens (including phenoxy) is 5. The number of hydrogen-bond acceptors (Lipinski definition) is 7. The molecule has 0 amide bonds. The Morgan fingerprint density at radius 1 is 0.953 bits per heavy atom. The summed E-state index contributed by atoms with van der Waals surface area (Å²) in [7, 11) is 3.36.